The summed E-state index contributed by atoms with van der Waals surface area (Å²) in [5.41, 5.74) is 0. The Morgan fingerprint density at radius 2 is 2.13 bits per heavy atom. The zero-order chi connectivity index (χ0) is 10.5. The van der Waals surface area contributed by atoms with Gasteiger partial charge in [0.1, 0.15) is 0 Å². The average Bonchev–Trinajstić information content (AvgIpc) is 2.71. The Hall–Kier alpha value is -0.120. The molecule has 0 amide bonds. The Morgan fingerprint density at radius 1 is 1.33 bits per heavy atom. The highest BCUT2D eigenvalue weighted by atomic mass is 16.5. The van der Waals surface area contributed by atoms with E-state index in [1.54, 1.807) is 0 Å². The van der Waals surface area contributed by atoms with Crippen molar-refractivity contribution in [1.82, 2.24) is 10.2 Å². The first-order valence-corrected chi connectivity index (χ1v) is 6.41. The molecule has 2 atom stereocenters. The van der Waals surface area contributed by atoms with Crippen molar-refractivity contribution in [3.05, 3.63) is 0 Å². The number of ether oxygens (including phenoxy) is 1. The molecule has 0 aromatic heterocycles. The lowest BCUT2D eigenvalue weighted by Gasteiger charge is -2.30. The van der Waals surface area contributed by atoms with Crippen LogP contribution in [0.5, 0.6) is 0 Å². The Morgan fingerprint density at radius 3 is 2.80 bits per heavy atom. The predicted octanol–water partition coefficient (Wildman–Crippen LogP) is 1.24. The van der Waals surface area contributed by atoms with Gasteiger partial charge >= 0.3 is 0 Å². The van der Waals surface area contributed by atoms with Gasteiger partial charge in [0, 0.05) is 25.2 Å². The largest absolute Gasteiger partial charge is 0.380 e. The van der Waals surface area contributed by atoms with E-state index in [-0.39, 0.29) is 0 Å². The summed E-state index contributed by atoms with van der Waals surface area (Å²) in [7, 11) is 0. The summed E-state index contributed by atoms with van der Waals surface area (Å²) in [4.78, 5) is 2.59. The van der Waals surface area contributed by atoms with E-state index in [0.29, 0.717) is 12.1 Å². The first-order chi connectivity index (χ1) is 7.34. The fourth-order valence-electron chi connectivity index (χ4n) is 2.65. The summed E-state index contributed by atoms with van der Waals surface area (Å²) in [5, 5.41) is 3.66. The second-order valence-corrected chi connectivity index (χ2v) is 4.99. The van der Waals surface area contributed by atoms with Gasteiger partial charge in [-0.3, -0.25) is 0 Å². The number of hydrogen-bond donors (Lipinski definition) is 1. The molecular weight excluding hydrogens is 188 g/mol. The van der Waals surface area contributed by atoms with Gasteiger partial charge < -0.3 is 15.0 Å². The topological polar surface area (TPSA) is 24.5 Å². The fourth-order valence-corrected chi connectivity index (χ4v) is 2.65. The first kappa shape index (κ1) is 11.4. The molecule has 3 nitrogen and oxygen atoms in total. The van der Waals surface area contributed by atoms with Crippen LogP contribution in [0.1, 0.15) is 32.6 Å². The second kappa shape index (κ2) is 5.83. The van der Waals surface area contributed by atoms with Gasteiger partial charge in [0.05, 0.1) is 6.61 Å². The Bertz CT molecular complexity index is 174. The maximum absolute atomic E-state index is 5.37. The van der Waals surface area contributed by atoms with Crippen LogP contribution in [0, 0.1) is 0 Å². The molecule has 2 heterocycles. The van der Waals surface area contributed by atoms with E-state index in [1.807, 2.05) is 0 Å². The fraction of sp³-hybridized carbons (Fsp3) is 1.00. The SMILES string of the molecule is CC(CN1CCCCC1)NC1CCOC1. The number of nitrogens with one attached hydrogen (secondary N) is 1. The third kappa shape index (κ3) is 3.74. The first-order valence-electron chi connectivity index (χ1n) is 6.41. The third-order valence-electron chi connectivity index (χ3n) is 3.43. The van der Waals surface area contributed by atoms with E-state index in [2.05, 4.69) is 17.1 Å². The number of nitrogens with zero attached hydrogens (tertiary/aromatic N) is 1. The molecule has 2 unspecified atom stereocenters. The molecule has 0 aliphatic carbocycles. The molecule has 2 fully saturated rings. The van der Waals surface area contributed by atoms with Crippen molar-refractivity contribution >= 4 is 0 Å². The van der Waals surface area contributed by atoms with E-state index >= 15 is 0 Å². The monoisotopic (exact) mass is 212 g/mol. The van der Waals surface area contributed by atoms with Crippen LogP contribution < -0.4 is 5.32 Å². The minimum Gasteiger partial charge on any atom is -0.380 e. The summed E-state index contributed by atoms with van der Waals surface area (Å²) < 4.78 is 5.37. The highest BCUT2D eigenvalue weighted by Gasteiger charge is 2.19. The van der Waals surface area contributed by atoms with Crippen LogP contribution in [-0.2, 0) is 4.74 Å². The summed E-state index contributed by atoms with van der Waals surface area (Å²) in [6.45, 7) is 7.95. The number of rotatable bonds is 4. The Labute approximate surface area is 93.2 Å². The molecule has 0 aromatic rings. The molecule has 0 radical (unpaired) electrons. The van der Waals surface area contributed by atoms with Crippen molar-refractivity contribution in [2.24, 2.45) is 0 Å². The van der Waals surface area contributed by atoms with Crippen LogP contribution in [0.3, 0.4) is 0 Å². The summed E-state index contributed by atoms with van der Waals surface area (Å²) in [6.07, 6.45) is 5.39. The number of likely N-dealkylation sites (tertiary alicyclic amines) is 1. The van der Waals surface area contributed by atoms with Crippen molar-refractivity contribution in [2.45, 2.75) is 44.7 Å². The van der Waals surface area contributed by atoms with Crippen LogP contribution >= 0.6 is 0 Å². The zero-order valence-electron chi connectivity index (χ0n) is 9.87. The predicted molar refractivity (Wildman–Crippen MR) is 62.1 cm³/mol. The molecule has 15 heavy (non-hydrogen) atoms. The molecule has 0 spiro atoms. The summed E-state index contributed by atoms with van der Waals surface area (Å²) in [5.74, 6) is 0. The van der Waals surface area contributed by atoms with Gasteiger partial charge in [-0.25, -0.2) is 0 Å². The number of piperidine rings is 1. The lowest BCUT2D eigenvalue weighted by Crippen LogP contribution is -2.45. The molecule has 0 saturated carbocycles. The molecular formula is C12H24N2O. The van der Waals surface area contributed by atoms with Crippen LogP contribution in [0.4, 0.5) is 0 Å². The smallest absolute Gasteiger partial charge is 0.0620 e. The van der Waals surface area contributed by atoms with Crippen molar-refractivity contribution in [3.8, 4) is 0 Å². The highest BCUT2D eigenvalue weighted by Crippen LogP contribution is 2.10. The van der Waals surface area contributed by atoms with Gasteiger partial charge in [-0.05, 0) is 39.3 Å². The Kier molecular flexibility index (Phi) is 4.42. The van der Waals surface area contributed by atoms with Gasteiger partial charge in [-0.15, -0.1) is 0 Å². The van der Waals surface area contributed by atoms with E-state index in [4.69, 9.17) is 4.74 Å². The van der Waals surface area contributed by atoms with Crippen LogP contribution in [0.15, 0.2) is 0 Å². The van der Waals surface area contributed by atoms with Crippen molar-refractivity contribution in [3.63, 3.8) is 0 Å². The molecule has 2 saturated heterocycles. The molecule has 0 bridgehead atoms. The van der Waals surface area contributed by atoms with Gasteiger partial charge in [0.15, 0.2) is 0 Å². The quantitative estimate of drug-likeness (QED) is 0.759. The molecule has 2 aliphatic rings. The van der Waals surface area contributed by atoms with E-state index < -0.39 is 0 Å². The summed E-state index contributed by atoms with van der Waals surface area (Å²) in [6, 6.07) is 1.21. The molecule has 88 valence electrons. The van der Waals surface area contributed by atoms with Crippen molar-refractivity contribution in [2.75, 3.05) is 32.8 Å². The van der Waals surface area contributed by atoms with Crippen LogP contribution in [-0.4, -0.2) is 49.8 Å². The normalized spacial score (nSPS) is 30.6. The minimum absolute atomic E-state index is 0.602. The van der Waals surface area contributed by atoms with Crippen molar-refractivity contribution < 1.29 is 4.74 Å². The highest BCUT2D eigenvalue weighted by molar-refractivity contribution is 4.78. The third-order valence-corrected chi connectivity index (χ3v) is 3.43. The maximum atomic E-state index is 5.37. The van der Waals surface area contributed by atoms with Crippen LogP contribution in [0.2, 0.25) is 0 Å². The lowest BCUT2D eigenvalue weighted by molar-refractivity contribution is 0.179. The van der Waals surface area contributed by atoms with Gasteiger partial charge in [0.25, 0.3) is 0 Å². The zero-order valence-corrected chi connectivity index (χ0v) is 9.87. The minimum atomic E-state index is 0.602. The van der Waals surface area contributed by atoms with Gasteiger partial charge in [-0.1, -0.05) is 6.42 Å². The molecule has 1 N–H and O–H groups in total. The average molecular weight is 212 g/mol. The molecule has 3 heteroatoms. The van der Waals surface area contributed by atoms with Gasteiger partial charge in [-0.2, -0.15) is 0 Å². The molecule has 2 rings (SSSR count). The maximum Gasteiger partial charge on any atom is 0.0620 e. The van der Waals surface area contributed by atoms with E-state index in [9.17, 15) is 0 Å². The summed E-state index contributed by atoms with van der Waals surface area (Å²) >= 11 is 0. The van der Waals surface area contributed by atoms with E-state index in [1.165, 1.54) is 45.3 Å². The van der Waals surface area contributed by atoms with Crippen LogP contribution in [0.25, 0.3) is 0 Å². The van der Waals surface area contributed by atoms with Gasteiger partial charge in [0.2, 0.25) is 0 Å². The number of hydrogen-bond acceptors (Lipinski definition) is 3. The second-order valence-electron chi connectivity index (χ2n) is 4.99. The van der Waals surface area contributed by atoms with E-state index in [0.717, 1.165) is 13.2 Å². The van der Waals surface area contributed by atoms with Crippen molar-refractivity contribution in [1.29, 1.82) is 0 Å². The molecule has 2 aliphatic heterocycles. The Balaban J connectivity index is 1.64. The standard InChI is InChI=1S/C12H24N2O/c1-11(13-12-5-8-15-10-12)9-14-6-3-2-4-7-14/h11-13H,2-10H2,1H3. The molecule has 0 aromatic carbocycles. The lowest BCUT2D eigenvalue weighted by atomic mass is 10.1.